The first-order chi connectivity index (χ1) is 14.1. The third-order valence-electron chi connectivity index (χ3n) is 4.80. The van der Waals surface area contributed by atoms with E-state index < -0.39 is 23.5 Å². The molecular formula is C20H14F4N4O2. The summed E-state index contributed by atoms with van der Waals surface area (Å²) in [6.45, 7) is 1.56. The van der Waals surface area contributed by atoms with Gasteiger partial charge < -0.3 is 10.1 Å². The number of nitrogens with zero attached hydrogens (tertiary/aromatic N) is 4. The highest BCUT2D eigenvalue weighted by molar-refractivity contribution is 6.12. The lowest BCUT2D eigenvalue weighted by molar-refractivity contribution is -0.668. The number of benzene rings is 2. The Morgan fingerprint density at radius 1 is 1.07 bits per heavy atom. The number of hydrogen-bond acceptors (Lipinski definition) is 4. The zero-order chi connectivity index (χ0) is 21.6. The van der Waals surface area contributed by atoms with Crippen LogP contribution in [-0.2, 0) is 6.18 Å². The van der Waals surface area contributed by atoms with Crippen molar-refractivity contribution in [3.05, 3.63) is 82.6 Å². The first kappa shape index (κ1) is 19.6. The molecule has 1 aliphatic heterocycles. The Hall–Kier alpha value is -3.69. The van der Waals surface area contributed by atoms with Gasteiger partial charge in [0.25, 0.3) is 5.91 Å². The molecule has 0 saturated carbocycles. The van der Waals surface area contributed by atoms with Crippen molar-refractivity contribution < 1.29 is 27.2 Å². The summed E-state index contributed by atoms with van der Waals surface area (Å²) >= 11 is 0. The number of halogens is 4. The summed E-state index contributed by atoms with van der Waals surface area (Å²) in [4.78, 5) is 16.1. The van der Waals surface area contributed by atoms with E-state index >= 15 is 0 Å². The maximum atomic E-state index is 13.6. The van der Waals surface area contributed by atoms with Gasteiger partial charge in [-0.05, 0) is 55.0 Å². The monoisotopic (exact) mass is 418 g/mol. The highest BCUT2D eigenvalue weighted by atomic mass is 19.4. The van der Waals surface area contributed by atoms with E-state index in [1.165, 1.54) is 41.4 Å². The molecule has 0 atom stereocenters. The van der Waals surface area contributed by atoms with E-state index in [9.17, 15) is 27.6 Å². The number of fused-ring (bicyclic) bond motifs is 1. The van der Waals surface area contributed by atoms with Gasteiger partial charge in [0.05, 0.1) is 23.0 Å². The summed E-state index contributed by atoms with van der Waals surface area (Å²) in [5.74, 6) is -1.16. The van der Waals surface area contributed by atoms with Gasteiger partial charge in [-0.25, -0.2) is 4.39 Å². The molecule has 4 rings (SSSR count). The predicted molar refractivity (Wildman–Crippen MR) is 99.6 cm³/mol. The van der Waals surface area contributed by atoms with Crippen molar-refractivity contribution in [2.24, 2.45) is 0 Å². The lowest BCUT2D eigenvalue weighted by Gasteiger charge is -2.38. The van der Waals surface area contributed by atoms with Crippen molar-refractivity contribution in [2.45, 2.75) is 13.1 Å². The van der Waals surface area contributed by atoms with E-state index in [1.807, 2.05) is 0 Å². The molecule has 2 aromatic carbocycles. The summed E-state index contributed by atoms with van der Waals surface area (Å²) in [6.07, 6.45) is -2.40. The van der Waals surface area contributed by atoms with E-state index in [-0.39, 0.29) is 28.5 Å². The summed E-state index contributed by atoms with van der Waals surface area (Å²) in [5.41, 5.74) is 0.304. The van der Waals surface area contributed by atoms with Gasteiger partial charge >= 0.3 is 6.18 Å². The van der Waals surface area contributed by atoms with Gasteiger partial charge in [-0.3, -0.25) is 9.69 Å². The van der Waals surface area contributed by atoms with Crippen LogP contribution in [0.4, 0.5) is 34.6 Å². The van der Waals surface area contributed by atoms with Crippen molar-refractivity contribution in [1.29, 1.82) is 0 Å². The Balaban J connectivity index is 1.91. The Labute approximate surface area is 168 Å². The van der Waals surface area contributed by atoms with E-state index in [2.05, 4.69) is 5.10 Å². The van der Waals surface area contributed by atoms with E-state index in [4.69, 9.17) is 0 Å². The SMILES string of the molecule is Cc1cc(F)ccc1N1CN(c2ccn[n+]([O-])c2)C(=O)c2cc(C(F)(F)F)ccc21. The number of rotatable bonds is 2. The second kappa shape index (κ2) is 6.97. The summed E-state index contributed by atoms with van der Waals surface area (Å²) in [7, 11) is 0. The molecule has 1 aromatic heterocycles. The van der Waals surface area contributed by atoms with Crippen LogP contribution >= 0.6 is 0 Å². The van der Waals surface area contributed by atoms with Crippen LogP contribution in [0.1, 0.15) is 21.5 Å². The van der Waals surface area contributed by atoms with Gasteiger partial charge in [0.2, 0.25) is 6.20 Å². The Morgan fingerprint density at radius 3 is 2.47 bits per heavy atom. The molecule has 0 aliphatic carbocycles. The normalized spacial score (nSPS) is 14.1. The molecule has 0 unspecified atom stereocenters. The van der Waals surface area contributed by atoms with E-state index in [0.717, 1.165) is 18.3 Å². The van der Waals surface area contributed by atoms with Crippen molar-refractivity contribution >= 4 is 23.0 Å². The van der Waals surface area contributed by atoms with Gasteiger partial charge in [-0.2, -0.15) is 13.2 Å². The van der Waals surface area contributed by atoms with E-state index in [1.54, 1.807) is 11.8 Å². The fourth-order valence-corrected chi connectivity index (χ4v) is 3.40. The molecule has 0 spiro atoms. The smallest absolute Gasteiger partial charge is 0.416 e. The standard InChI is InChI=1S/C20H14F4N4O2/c1-12-8-14(21)3-5-17(12)27-11-26(15-6-7-25-28(30)10-15)19(29)16-9-13(20(22,23)24)2-4-18(16)27/h2-10H,11H2,1H3. The fourth-order valence-electron chi connectivity index (χ4n) is 3.40. The summed E-state index contributed by atoms with van der Waals surface area (Å²) in [6, 6.07) is 8.30. The molecule has 154 valence electrons. The maximum Gasteiger partial charge on any atom is 0.416 e. The molecule has 3 aromatic rings. The zero-order valence-corrected chi connectivity index (χ0v) is 15.5. The molecule has 10 heteroatoms. The number of carbonyl (C=O) groups is 1. The average Bonchev–Trinajstić information content (AvgIpc) is 2.68. The molecule has 6 nitrogen and oxygen atoms in total. The Bertz CT molecular complexity index is 1150. The molecule has 30 heavy (non-hydrogen) atoms. The number of alkyl halides is 3. The van der Waals surface area contributed by atoms with Crippen LogP contribution in [0.2, 0.25) is 0 Å². The molecule has 0 N–H and O–H groups in total. The Morgan fingerprint density at radius 2 is 1.80 bits per heavy atom. The Kier molecular flexibility index (Phi) is 4.56. The molecule has 1 aliphatic rings. The van der Waals surface area contributed by atoms with Crippen LogP contribution in [0.25, 0.3) is 0 Å². The molecule has 2 heterocycles. The third kappa shape index (κ3) is 3.40. The first-order valence-corrected chi connectivity index (χ1v) is 8.77. The van der Waals surface area contributed by atoms with Crippen LogP contribution < -0.4 is 14.6 Å². The van der Waals surface area contributed by atoms with E-state index in [0.29, 0.717) is 11.3 Å². The average molecular weight is 418 g/mol. The number of hydrogen-bond donors (Lipinski definition) is 0. The van der Waals surface area contributed by atoms with Crippen LogP contribution in [0, 0.1) is 17.9 Å². The largest absolute Gasteiger partial charge is 0.594 e. The van der Waals surface area contributed by atoms with Crippen molar-refractivity contribution in [1.82, 2.24) is 5.10 Å². The molecule has 1 amide bonds. The van der Waals surface area contributed by atoms with Gasteiger partial charge in [0.15, 0.2) is 0 Å². The maximum absolute atomic E-state index is 13.6. The third-order valence-corrected chi connectivity index (χ3v) is 4.80. The summed E-state index contributed by atoms with van der Waals surface area (Å²) in [5, 5.41) is 15.0. The van der Waals surface area contributed by atoms with Gasteiger partial charge in [-0.1, -0.05) is 4.85 Å². The quantitative estimate of drug-likeness (QED) is 0.359. The highest BCUT2D eigenvalue weighted by Crippen LogP contribution is 2.40. The number of aryl methyl sites for hydroxylation is 1. The van der Waals surface area contributed by atoms with Gasteiger partial charge in [-0.15, -0.1) is 0 Å². The van der Waals surface area contributed by atoms with Crippen molar-refractivity contribution in [3.8, 4) is 0 Å². The van der Waals surface area contributed by atoms with Crippen LogP contribution in [0.5, 0.6) is 0 Å². The lowest BCUT2D eigenvalue weighted by Crippen LogP contribution is -2.46. The second-order valence-corrected chi connectivity index (χ2v) is 6.75. The minimum atomic E-state index is -4.64. The predicted octanol–water partition coefficient (Wildman–Crippen LogP) is 3.94. The number of anilines is 3. The fraction of sp³-hybridized carbons (Fsp3) is 0.150. The number of aromatic nitrogens is 2. The van der Waals surface area contributed by atoms with Gasteiger partial charge in [0, 0.05) is 10.8 Å². The molecule has 0 saturated heterocycles. The minimum absolute atomic E-state index is 0.0896. The molecular weight excluding hydrogens is 404 g/mol. The minimum Gasteiger partial charge on any atom is -0.594 e. The van der Waals surface area contributed by atoms with Crippen molar-refractivity contribution in [3.63, 3.8) is 0 Å². The van der Waals surface area contributed by atoms with Crippen LogP contribution in [-0.4, -0.2) is 17.7 Å². The topological polar surface area (TPSA) is 63.4 Å². The first-order valence-electron chi connectivity index (χ1n) is 8.77. The van der Waals surface area contributed by atoms with Gasteiger partial charge in [0.1, 0.15) is 18.2 Å². The second-order valence-electron chi connectivity index (χ2n) is 6.75. The highest BCUT2D eigenvalue weighted by Gasteiger charge is 2.37. The zero-order valence-electron chi connectivity index (χ0n) is 15.5. The van der Waals surface area contributed by atoms with Crippen LogP contribution in [0.3, 0.4) is 0 Å². The number of amides is 1. The molecule has 0 bridgehead atoms. The summed E-state index contributed by atoms with van der Waals surface area (Å²) < 4.78 is 53.4. The number of carbonyl (C=O) groups excluding carboxylic acids is 1. The molecule has 0 fully saturated rings. The lowest BCUT2D eigenvalue weighted by atomic mass is 10.0. The van der Waals surface area contributed by atoms with Crippen LogP contribution in [0.15, 0.2) is 54.9 Å². The molecule has 0 radical (unpaired) electrons. The van der Waals surface area contributed by atoms with Crippen molar-refractivity contribution in [2.75, 3.05) is 16.5 Å².